The number of carbonyl (C=O) groups excluding carboxylic acids is 1. The van der Waals surface area contributed by atoms with Gasteiger partial charge >= 0.3 is 0 Å². The first kappa shape index (κ1) is 14.9. The fourth-order valence-corrected chi connectivity index (χ4v) is 2.46. The number of nitrogens with zero attached hydrogens (tertiary/aromatic N) is 2. The van der Waals surface area contributed by atoms with Crippen LogP contribution >= 0.6 is 0 Å². The van der Waals surface area contributed by atoms with Crippen molar-refractivity contribution >= 4 is 5.91 Å². The molecule has 1 aromatic heterocycles. The fourth-order valence-electron chi connectivity index (χ4n) is 2.46. The summed E-state index contributed by atoms with van der Waals surface area (Å²) in [5.41, 5.74) is 0.537. The number of piperazine rings is 1. The Hall–Kier alpha value is -1.46. The summed E-state index contributed by atoms with van der Waals surface area (Å²) < 4.78 is 0. The van der Waals surface area contributed by atoms with Crippen LogP contribution in [0.4, 0.5) is 0 Å². The topological polar surface area (TPSA) is 57.3 Å². The second-order valence-electron chi connectivity index (χ2n) is 5.78. The van der Waals surface area contributed by atoms with Gasteiger partial charge in [0.1, 0.15) is 0 Å². The van der Waals surface area contributed by atoms with Crippen LogP contribution < -0.4 is 10.6 Å². The summed E-state index contributed by atoms with van der Waals surface area (Å²) in [7, 11) is 0. The van der Waals surface area contributed by atoms with E-state index in [-0.39, 0.29) is 11.9 Å². The van der Waals surface area contributed by atoms with E-state index in [1.165, 1.54) is 0 Å². The summed E-state index contributed by atoms with van der Waals surface area (Å²) >= 11 is 0. The molecule has 20 heavy (non-hydrogen) atoms. The van der Waals surface area contributed by atoms with E-state index in [1.807, 2.05) is 32.9 Å². The third kappa shape index (κ3) is 3.35. The fraction of sp³-hybridized carbons (Fsp3) is 0.600. The summed E-state index contributed by atoms with van der Waals surface area (Å²) in [6, 6.07) is 3.84. The summed E-state index contributed by atoms with van der Waals surface area (Å²) in [4.78, 5) is 18.9. The van der Waals surface area contributed by atoms with Gasteiger partial charge in [0.15, 0.2) is 0 Å². The molecular formula is C15H24N4O. The number of carbonyl (C=O) groups is 1. The molecule has 0 radical (unpaired) electrons. The number of aromatic nitrogens is 1. The van der Waals surface area contributed by atoms with E-state index in [0.717, 1.165) is 31.7 Å². The predicted octanol–water partition coefficient (Wildman–Crippen LogP) is 0.943. The van der Waals surface area contributed by atoms with E-state index in [4.69, 9.17) is 0 Å². The minimum absolute atomic E-state index is 0.0293. The molecule has 1 aromatic rings. The number of nitrogens with one attached hydrogen (secondary N) is 2. The summed E-state index contributed by atoms with van der Waals surface area (Å²) in [6.07, 6.45) is 3.53. The third-order valence-corrected chi connectivity index (χ3v) is 4.00. The minimum Gasteiger partial charge on any atom is -0.348 e. The molecular weight excluding hydrogens is 252 g/mol. The van der Waals surface area contributed by atoms with Crippen molar-refractivity contribution in [2.45, 2.75) is 32.4 Å². The highest BCUT2D eigenvalue weighted by Gasteiger charge is 2.35. The smallest absolute Gasteiger partial charge is 0.240 e. The van der Waals surface area contributed by atoms with Crippen molar-refractivity contribution in [1.82, 2.24) is 20.5 Å². The van der Waals surface area contributed by atoms with Crippen molar-refractivity contribution in [3.8, 4) is 0 Å². The SMILES string of the molecule is C[C@@H](NC(=O)C(C)(C)N1CCNCC1)c1cccnc1. The third-order valence-electron chi connectivity index (χ3n) is 4.00. The van der Waals surface area contributed by atoms with Gasteiger partial charge in [0.05, 0.1) is 11.6 Å². The molecule has 0 aromatic carbocycles. The molecule has 1 fully saturated rings. The Labute approximate surface area is 120 Å². The molecule has 2 heterocycles. The largest absolute Gasteiger partial charge is 0.348 e. The molecule has 0 saturated carbocycles. The van der Waals surface area contributed by atoms with Gasteiger partial charge < -0.3 is 10.6 Å². The zero-order valence-electron chi connectivity index (χ0n) is 12.5. The number of rotatable bonds is 4. The van der Waals surface area contributed by atoms with Crippen LogP contribution in [0.15, 0.2) is 24.5 Å². The van der Waals surface area contributed by atoms with Crippen molar-refractivity contribution in [2.24, 2.45) is 0 Å². The van der Waals surface area contributed by atoms with Crippen LogP contribution in [0.25, 0.3) is 0 Å². The van der Waals surface area contributed by atoms with E-state index in [2.05, 4.69) is 20.5 Å². The molecule has 1 amide bonds. The predicted molar refractivity (Wildman–Crippen MR) is 79.3 cm³/mol. The lowest BCUT2D eigenvalue weighted by molar-refractivity contribution is -0.132. The first-order chi connectivity index (χ1) is 9.51. The van der Waals surface area contributed by atoms with Gasteiger partial charge in [-0.05, 0) is 32.4 Å². The Morgan fingerprint density at radius 3 is 2.75 bits per heavy atom. The molecule has 0 spiro atoms. The number of pyridine rings is 1. The first-order valence-corrected chi connectivity index (χ1v) is 7.18. The van der Waals surface area contributed by atoms with Gasteiger partial charge in [0, 0.05) is 38.6 Å². The second kappa shape index (κ2) is 6.33. The van der Waals surface area contributed by atoms with E-state index in [9.17, 15) is 4.79 Å². The number of hydrogen-bond donors (Lipinski definition) is 2. The van der Waals surface area contributed by atoms with Crippen molar-refractivity contribution in [2.75, 3.05) is 26.2 Å². The van der Waals surface area contributed by atoms with E-state index in [0.29, 0.717) is 0 Å². The normalized spacial score (nSPS) is 18.6. The van der Waals surface area contributed by atoms with Crippen LogP contribution in [0.5, 0.6) is 0 Å². The van der Waals surface area contributed by atoms with Crippen molar-refractivity contribution in [1.29, 1.82) is 0 Å². The Morgan fingerprint density at radius 2 is 2.15 bits per heavy atom. The monoisotopic (exact) mass is 276 g/mol. The Balaban J connectivity index is 1.99. The van der Waals surface area contributed by atoms with Crippen molar-refractivity contribution in [3.63, 3.8) is 0 Å². The minimum atomic E-state index is -0.488. The molecule has 2 N–H and O–H groups in total. The maximum absolute atomic E-state index is 12.6. The molecule has 110 valence electrons. The molecule has 0 bridgehead atoms. The van der Waals surface area contributed by atoms with Gasteiger partial charge in [-0.25, -0.2) is 0 Å². The molecule has 5 heteroatoms. The van der Waals surface area contributed by atoms with Crippen LogP contribution in [0, 0.1) is 0 Å². The molecule has 0 unspecified atom stereocenters. The highest BCUT2D eigenvalue weighted by Crippen LogP contribution is 2.18. The number of hydrogen-bond acceptors (Lipinski definition) is 4. The molecule has 2 rings (SSSR count). The summed E-state index contributed by atoms with van der Waals surface area (Å²) in [5, 5.41) is 6.40. The van der Waals surface area contributed by atoms with Gasteiger partial charge in [-0.3, -0.25) is 14.7 Å². The first-order valence-electron chi connectivity index (χ1n) is 7.18. The van der Waals surface area contributed by atoms with Crippen LogP contribution in [-0.2, 0) is 4.79 Å². The van der Waals surface area contributed by atoms with Crippen molar-refractivity contribution < 1.29 is 4.79 Å². The average molecular weight is 276 g/mol. The van der Waals surface area contributed by atoms with Gasteiger partial charge in [-0.2, -0.15) is 0 Å². The molecule has 1 saturated heterocycles. The lowest BCUT2D eigenvalue weighted by Crippen LogP contribution is -2.60. The summed E-state index contributed by atoms with van der Waals surface area (Å²) in [5.74, 6) is 0.0655. The van der Waals surface area contributed by atoms with Crippen LogP contribution in [0.3, 0.4) is 0 Å². The highest BCUT2D eigenvalue weighted by atomic mass is 16.2. The van der Waals surface area contributed by atoms with Gasteiger partial charge in [0.25, 0.3) is 0 Å². The molecule has 0 aliphatic carbocycles. The van der Waals surface area contributed by atoms with Crippen LogP contribution in [0.1, 0.15) is 32.4 Å². The zero-order chi connectivity index (χ0) is 14.6. The Bertz CT molecular complexity index is 440. The molecule has 1 aliphatic heterocycles. The average Bonchev–Trinajstić information content (AvgIpc) is 2.49. The molecule has 5 nitrogen and oxygen atoms in total. The van der Waals surface area contributed by atoms with Gasteiger partial charge in [0.2, 0.25) is 5.91 Å². The highest BCUT2D eigenvalue weighted by molar-refractivity contribution is 5.85. The Morgan fingerprint density at radius 1 is 1.45 bits per heavy atom. The Kier molecular flexibility index (Phi) is 4.73. The maximum Gasteiger partial charge on any atom is 0.240 e. The standard InChI is InChI=1S/C15H24N4O/c1-12(13-5-4-6-17-11-13)18-14(20)15(2,3)19-9-7-16-8-10-19/h4-6,11-12,16H,7-10H2,1-3H3,(H,18,20)/t12-/m1/s1. The number of amides is 1. The van der Waals surface area contributed by atoms with Gasteiger partial charge in [-0.1, -0.05) is 6.07 Å². The quantitative estimate of drug-likeness (QED) is 0.859. The van der Waals surface area contributed by atoms with E-state index >= 15 is 0 Å². The van der Waals surface area contributed by atoms with E-state index < -0.39 is 5.54 Å². The lowest BCUT2D eigenvalue weighted by atomic mass is 9.99. The lowest BCUT2D eigenvalue weighted by Gasteiger charge is -2.40. The molecule has 1 aliphatic rings. The second-order valence-corrected chi connectivity index (χ2v) is 5.78. The van der Waals surface area contributed by atoms with Crippen molar-refractivity contribution in [3.05, 3.63) is 30.1 Å². The zero-order valence-corrected chi connectivity index (χ0v) is 12.5. The molecule has 1 atom stereocenters. The maximum atomic E-state index is 12.6. The van der Waals surface area contributed by atoms with Crippen LogP contribution in [-0.4, -0.2) is 47.5 Å². The summed E-state index contributed by atoms with van der Waals surface area (Å²) in [6.45, 7) is 9.66. The van der Waals surface area contributed by atoms with Gasteiger partial charge in [-0.15, -0.1) is 0 Å². The van der Waals surface area contributed by atoms with Crippen LogP contribution in [0.2, 0.25) is 0 Å². The van der Waals surface area contributed by atoms with E-state index in [1.54, 1.807) is 12.4 Å².